The first-order chi connectivity index (χ1) is 6.16. The van der Waals surface area contributed by atoms with E-state index in [1.54, 1.807) is 0 Å². The molecule has 0 atom stereocenters. The molecule has 13 heavy (non-hydrogen) atoms. The third kappa shape index (κ3) is 9.70. The van der Waals surface area contributed by atoms with E-state index >= 15 is 0 Å². The van der Waals surface area contributed by atoms with Crippen molar-refractivity contribution in [2.45, 2.75) is 19.8 Å². The molecule has 0 amide bonds. The number of aliphatic carboxylic acids is 1. The molecule has 0 saturated heterocycles. The van der Waals surface area contributed by atoms with E-state index in [1.165, 1.54) is 0 Å². The number of carboxylic acids is 1. The first-order valence-corrected chi connectivity index (χ1v) is 5.80. The smallest absolute Gasteiger partial charge is 0.303 e. The maximum Gasteiger partial charge on any atom is 0.303 e. The van der Waals surface area contributed by atoms with Crippen LogP contribution in [0.2, 0.25) is 0 Å². The normalized spacial score (nSPS) is 10.7. The number of thioether (sulfide) groups is 1. The molecule has 0 aliphatic carbocycles. The number of nitrogens with zero attached hydrogens (tertiary/aromatic N) is 1. The fraction of sp³-hybridized carbons (Fsp3) is 0.889. The molecule has 0 radical (unpaired) electrons. The topological polar surface area (TPSA) is 40.5 Å². The summed E-state index contributed by atoms with van der Waals surface area (Å²) in [6.45, 7) is 4.09. The van der Waals surface area contributed by atoms with Crippen LogP contribution in [0.3, 0.4) is 0 Å². The van der Waals surface area contributed by atoms with Crippen LogP contribution in [0.1, 0.15) is 19.8 Å². The van der Waals surface area contributed by atoms with Crippen LogP contribution in [0.15, 0.2) is 0 Å². The van der Waals surface area contributed by atoms with Gasteiger partial charge in [0.25, 0.3) is 0 Å². The van der Waals surface area contributed by atoms with Gasteiger partial charge in [0.1, 0.15) is 0 Å². The van der Waals surface area contributed by atoms with Crippen LogP contribution >= 0.6 is 11.8 Å². The van der Waals surface area contributed by atoms with Gasteiger partial charge >= 0.3 is 5.97 Å². The Bertz CT molecular complexity index is 142. The molecule has 0 aromatic carbocycles. The molecule has 0 bridgehead atoms. The van der Waals surface area contributed by atoms with Gasteiger partial charge in [-0.1, -0.05) is 6.92 Å². The Morgan fingerprint density at radius 3 is 2.69 bits per heavy atom. The van der Waals surface area contributed by atoms with Gasteiger partial charge in [-0.2, -0.15) is 11.8 Å². The van der Waals surface area contributed by atoms with E-state index in [1.807, 2.05) is 18.8 Å². The van der Waals surface area contributed by atoms with Crippen molar-refractivity contribution in [3.63, 3.8) is 0 Å². The minimum absolute atomic E-state index is 0.283. The molecule has 0 fully saturated rings. The molecule has 0 spiro atoms. The Morgan fingerprint density at radius 2 is 2.15 bits per heavy atom. The van der Waals surface area contributed by atoms with E-state index < -0.39 is 5.97 Å². The van der Waals surface area contributed by atoms with Crippen molar-refractivity contribution in [1.29, 1.82) is 0 Å². The van der Waals surface area contributed by atoms with Gasteiger partial charge in [0.05, 0.1) is 0 Å². The van der Waals surface area contributed by atoms with Crippen LogP contribution in [0.4, 0.5) is 0 Å². The molecule has 0 aromatic rings. The molecular weight excluding hydrogens is 186 g/mol. The number of hydrogen-bond donors (Lipinski definition) is 1. The second-order valence-corrected chi connectivity index (χ2v) is 4.39. The summed E-state index contributed by atoms with van der Waals surface area (Å²) in [5, 5.41) is 8.42. The summed E-state index contributed by atoms with van der Waals surface area (Å²) in [6, 6.07) is 0. The molecular formula is C9H19NO2S. The van der Waals surface area contributed by atoms with E-state index in [4.69, 9.17) is 5.11 Å². The lowest BCUT2D eigenvalue weighted by Gasteiger charge is -2.14. The van der Waals surface area contributed by atoms with Gasteiger partial charge in [-0.3, -0.25) is 4.79 Å². The highest BCUT2D eigenvalue weighted by Gasteiger charge is 2.00. The van der Waals surface area contributed by atoms with E-state index in [9.17, 15) is 4.79 Å². The highest BCUT2D eigenvalue weighted by molar-refractivity contribution is 7.99. The monoisotopic (exact) mass is 205 g/mol. The third-order valence-electron chi connectivity index (χ3n) is 1.75. The van der Waals surface area contributed by atoms with Crippen LogP contribution in [0.25, 0.3) is 0 Å². The summed E-state index contributed by atoms with van der Waals surface area (Å²) in [4.78, 5) is 12.4. The van der Waals surface area contributed by atoms with E-state index in [0.717, 1.165) is 31.0 Å². The Labute approximate surface area is 84.5 Å². The number of carboxylic acid groups (broad SMARTS) is 1. The Balaban J connectivity index is 3.19. The van der Waals surface area contributed by atoms with Crippen molar-refractivity contribution >= 4 is 17.7 Å². The molecule has 0 rings (SSSR count). The first-order valence-electron chi connectivity index (χ1n) is 4.65. The second kappa shape index (κ2) is 8.38. The van der Waals surface area contributed by atoms with Crippen LogP contribution in [0, 0.1) is 0 Å². The zero-order valence-corrected chi connectivity index (χ0v) is 9.27. The van der Waals surface area contributed by atoms with E-state index in [0.29, 0.717) is 0 Å². The van der Waals surface area contributed by atoms with Gasteiger partial charge in [-0.05, 0) is 25.8 Å². The van der Waals surface area contributed by atoms with Crippen molar-refractivity contribution in [3.05, 3.63) is 0 Å². The highest BCUT2D eigenvalue weighted by Crippen LogP contribution is 1.99. The lowest BCUT2D eigenvalue weighted by molar-refractivity contribution is -0.137. The summed E-state index contributed by atoms with van der Waals surface area (Å²) < 4.78 is 0. The summed E-state index contributed by atoms with van der Waals surface area (Å²) in [5.74, 6) is 1.60. The average Bonchev–Trinajstić information content (AvgIpc) is 2.04. The SMILES string of the molecule is CCSCCN(C)CCCC(=O)O. The Kier molecular flexibility index (Phi) is 8.24. The lowest BCUT2D eigenvalue weighted by atomic mass is 10.3. The maximum absolute atomic E-state index is 10.2. The molecule has 1 N–H and O–H groups in total. The largest absolute Gasteiger partial charge is 0.481 e. The van der Waals surface area contributed by atoms with Crippen molar-refractivity contribution in [3.8, 4) is 0 Å². The van der Waals surface area contributed by atoms with Crippen molar-refractivity contribution in [2.75, 3.05) is 31.6 Å². The quantitative estimate of drug-likeness (QED) is 0.610. The zero-order valence-electron chi connectivity index (χ0n) is 8.45. The van der Waals surface area contributed by atoms with E-state index in [-0.39, 0.29) is 6.42 Å². The molecule has 3 nitrogen and oxygen atoms in total. The fourth-order valence-corrected chi connectivity index (χ4v) is 1.71. The van der Waals surface area contributed by atoms with Crippen LogP contribution < -0.4 is 0 Å². The molecule has 0 heterocycles. The maximum atomic E-state index is 10.2. The predicted molar refractivity (Wildman–Crippen MR) is 57.4 cm³/mol. The van der Waals surface area contributed by atoms with Crippen molar-refractivity contribution in [1.82, 2.24) is 4.90 Å². The second-order valence-electron chi connectivity index (χ2n) is 3.00. The number of rotatable bonds is 8. The van der Waals surface area contributed by atoms with Gasteiger partial charge in [0.15, 0.2) is 0 Å². The average molecular weight is 205 g/mol. The van der Waals surface area contributed by atoms with Crippen LogP contribution in [0.5, 0.6) is 0 Å². The van der Waals surface area contributed by atoms with Gasteiger partial charge < -0.3 is 10.0 Å². The molecule has 0 aromatic heterocycles. The van der Waals surface area contributed by atoms with E-state index in [2.05, 4.69) is 11.8 Å². The molecule has 0 aliphatic rings. The fourth-order valence-electron chi connectivity index (χ4n) is 0.977. The summed E-state index contributed by atoms with van der Waals surface area (Å²) >= 11 is 1.92. The van der Waals surface area contributed by atoms with Crippen LogP contribution in [-0.4, -0.2) is 47.6 Å². The minimum Gasteiger partial charge on any atom is -0.481 e. The van der Waals surface area contributed by atoms with Crippen molar-refractivity contribution in [2.24, 2.45) is 0 Å². The number of carbonyl (C=O) groups is 1. The summed E-state index contributed by atoms with van der Waals surface area (Å²) in [5.41, 5.74) is 0. The Hall–Kier alpha value is -0.220. The highest BCUT2D eigenvalue weighted by atomic mass is 32.2. The molecule has 78 valence electrons. The van der Waals surface area contributed by atoms with Gasteiger partial charge in [-0.15, -0.1) is 0 Å². The zero-order chi connectivity index (χ0) is 10.1. The molecule has 0 saturated carbocycles. The van der Waals surface area contributed by atoms with Crippen LogP contribution in [-0.2, 0) is 4.79 Å². The summed E-state index contributed by atoms with van der Waals surface area (Å²) in [7, 11) is 2.04. The molecule has 4 heteroatoms. The van der Waals surface area contributed by atoms with Gasteiger partial charge in [0.2, 0.25) is 0 Å². The Morgan fingerprint density at radius 1 is 1.46 bits per heavy atom. The number of hydrogen-bond acceptors (Lipinski definition) is 3. The van der Waals surface area contributed by atoms with Gasteiger partial charge in [-0.25, -0.2) is 0 Å². The first kappa shape index (κ1) is 12.8. The molecule has 0 aliphatic heterocycles. The summed E-state index contributed by atoms with van der Waals surface area (Å²) in [6.07, 6.45) is 1.04. The van der Waals surface area contributed by atoms with Gasteiger partial charge in [0, 0.05) is 18.7 Å². The standard InChI is InChI=1S/C9H19NO2S/c1-3-13-8-7-10(2)6-4-5-9(11)12/h3-8H2,1-2H3,(H,11,12). The van der Waals surface area contributed by atoms with Crippen molar-refractivity contribution < 1.29 is 9.90 Å². The third-order valence-corrected chi connectivity index (χ3v) is 2.63. The molecule has 0 unspecified atom stereocenters. The lowest BCUT2D eigenvalue weighted by Crippen LogP contribution is -2.23. The minimum atomic E-state index is -0.698. The predicted octanol–water partition coefficient (Wildman–Crippen LogP) is 1.54.